The Balaban J connectivity index is 0.00000128. The maximum atomic E-state index is 14.7. The molecular weight excluding hydrogens is 774 g/mol. The predicted molar refractivity (Wildman–Crippen MR) is 226 cm³/mol. The minimum absolute atomic E-state index is 0.0369. The van der Waals surface area contributed by atoms with Gasteiger partial charge in [0.2, 0.25) is 0 Å². The Morgan fingerprint density at radius 3 is 1.11 bits per heavy atom. The molecule has 0 unspecified atom stereocenters. The molecule has 13 rings (SSSR count). The second-order valence-electron chi connectivity index (χ2n) is 19.8. The van der Waals surface area contributed by atoms with Crippen molar-refractivity contribution in [3.8, 4) is 56.3 Å². The summed E-state index contributed by atoms with van der Waals surface area (Å²) in [5.41, 5.74) is 11.7. The Bertz CT molecular complexity index is 2110. The van der Waals surface area contributed by atoms with Crippen LogP contribution in [0, 0.1) is 49.4 Å². The topological polar surface area (TPSA) is 59.0 Å². The zero-order chi connectivity index (χ0) is 39.1. The van der Waals surface area contributed by atoms with Crippen LogP contribution in [0.15, 0.2) is 91.0 Å². The van der Waals surface area contributed by atoms with Crippen LogP contribution in [0.4, 0.5) is 0 Å². The van der Waals surface area contributed by atoms with Gasteiger partial charge in [0, 0.05) is 11.1 Å². The first-order valence-corrected chi connectivity index (χ1v) is 26.9. The van der Waals surface area contributed by atoms with Crippen LogP contribution < -0.4 is 10.2 Å². The number of hydrogen-bond donors (Lipinski definition) is 0. The fourth-order valence-corrected chi connectivity index (χ4v) is 14.2. The normalized spacial score (nSPS) is 30.2. The van der Waals surface area contributed by atoms with Crippen molar-refractivity contribution in [1.82, 2.24) is 4.98 Å². The fraction of sp³-hybridized carbons (Fsp3) is 0.453. The van der Waals surface area contributed by atoms with Crippen molar-refractivity contribution in [2.45, 2.75) is 111 Å². The quantitative estimate of drug-likeness (QED) is 0.171. The van der Waals surface area contributed by atoms with Gasteiger partial charge >= 0.3 is 32.5 Å². The molecule has 1 heterocycles. The van der Waals surface area contributed by atoms with E-state index in [0.29, 0.717) is 0 Å². The van der Waals surface area contributed by atoms with E-state index in [9.17, 15) is 10.2 Å². The SMILES string of the molecule is Cc1cc(-c2ccccc2-c2cccc(-c3ccccc3-c3cc(C)cc(C45CC6CC(CC(C6)C4)C5)c3[O-])n2)c([O-])c(C23CC4CC(CC(C4)C2)C3)c1.[CH3][Zr+2][CH3]. The molecule has 8 fully saturated rings. The zero-order valence-electron chi connectivity index (χ0n) is 34.4. The van der Waals surface area contributed by atoms with Crippen molar-refractivity contribution in [3.05, 3.63) is 113 Å². The summed E-state index contributed by atoms with van der Waals surface area (Å²) in [5, 5.41) is 29.5. The molecule has 0 saturated heterocycles. The molecule has 8 aliphatic carbocycles. The van der Waals surface area contributed by atoms with Crippen LogP contribution in [-0.4, -0.2) is 4.98 Å². The Morgan fingerprint density at radius 1 is 0.456 bits per heavy atom. The first-order chi connectivity index (χ1) is 27.6. The molecule has 57 heavy (non-hydrogen) atoms. The van der Waals surface area contributed by atoms with Crippen LogP contribution >= 0.6 is 0 Å². The molecule has 0 radical (unpaired) electrons. The van der Waals surface area contributed by atoms with E-state index in [4.69, 9.17) is 4.98 Å². The average Bonchev–Trinajstić information content (AvgIpc) is 3.19. The molecule has 5 aromatic rings. The molecule has 1 aromatic heterocycles. The molecule has 4 heteroatoms. The summed E-state index contributed by atoms with van der Waals surface area (Å²) in [5.74, 6) is 5.12. The van der Waals surface area contributed by atoms with E-state index in [1.165, 1.54) is 88.2 Å². The summed E-state index contributed by atoms with van der Waals surface area (Å²) in [6.07, 6.45) is 15.3. The minimum atomic E-state index is 0.0369. The predicted octanol–water partition coefficient (Wildman–Crippen LogP) is 12.6. The Hall–Kier alpha value is -3.49. The van der Waals surface area contributed by atoms with Crippen molar-refractivity contribution in [3.63, 3.8) is 0 Å². The van der Waals surface area contributed by atoms with Gasteiger partial charge in [-0.3, -0.25) is 0 Å². The monoisotopic (exact) mass is 829 g/mol. The number of aryl methyl sites for hydroxylation is 2. The third-order valence-corrected chi connectivity index (χ3v) is 15.4. The Kier molecular flexibility index (Phi) is 9.71. The van der Waals surface area contributed by atoms with Gasteiger partial charge in [-0.1, -0.05) is 101 Å². The number of pyridine rings is 1. The van der Waals surface area contributed by atoms with Crippen LogP contribution in [-0.2, 0) is 34.1 Å². The number of aromatic nitrogens is 1. The second kappa shape index (κ2) is 14.7. The Labute approximate surface area is 352 Å². The van der Waals surface area contributed by atoms with E-state index in [2.05, 4.69) is 114 Å². The van der Waals surface area contributed by atoms with Crippen molar-refractivity contribution >= 4 is 0 Å². The summed E-state index contributed by atoms with van der Waals surface area (Å²) in [6, 6.07) is 31.6. The Morgan fingerprint density at radius 2 is 0.772 bits per heavy atom. The van der Waals surface area contributed by atoms with Gasteiger partial charge in [0.15, 0.2) is 0 Å². The van der Waals surface area contributed by atoms with Gasteiger partial charge in [-0.05, 0) is 183 Å². The number of hydrogen-bond acceptors (Lipinski definition) is 3. The molecule has 0 atom stereocenters. The first kappa shape index (κ1) is 37.8. The summed E-state index contributed by atoms with van der Waals surface area (Å²) in [7, 11) is 0. The van der Waals surface area contributed by atoms with Gasteiger partial charge in [0.05, 0.1) is 11.4 Å². The van der Waals surface area contributed by atoms with Crippen LogP contribution in [0.25, 0.3) is 44.8 Å². The molecule has 0 amide bonds. The number of benzene rings is 4. The third-order valence-electron chi connectivity index (χ3n) is 15.4. The van der Waals surface area contributed by atoms with Crippen molar-refractivity contribution in [1.29, 1.82) is 0 Å². The van der Waals surface area contributed by atoms with Gasteiger partial charge in [-0.15, -0.1) is 0 Å². The molecule has 8 aliphatic rings. The summed E-state index contributed by atoms with van der Waals surface area (Å²) in [4.78, 5) is 5.34. The van der Waals surface area contributed by atoms with Crippen LogP contribution in [0.3, 0.4) is 0 Å². The first-order valence-electron chi connectivity index (χ1n) is 22.0. The fourth-order valence-electron chi connectivity index (χ4n) is 14.2. The molecule has 4 aromatic carbocycles. The van der Waals surface area contributed by atoms with E-state index in [1.54, 1.807) is 0 Å². The summed E-state index contributed by atoms with van der Waals surface area (Å²) >= 11 is 0.230. The number of nitrogens with zero attached hydrogens (tertiary/aromatic N) is 1. The zero-order valence-corrected chi connectivity index (χ0v) is 36.8. The maximum absolute atomic E-state index is 14.7. The van der Waals surface area contributed by atoms with Gasteiger partial charge in [0.1, 0.15) is 0 Å². The standard InChI is InChI=1S/C51H53NO2.2CH3.Zr/c1-30-14-42(48(53)44(16-30)50-24-32-18-33(25-50)20-34(19-32)26-50)38-8-3-5-10-40(38)46-12-7-13-47(52-46)41-11-6-4-9-39(41)43-15-31(2)17-45(49(43)54)51-27-35-21-36(28-51)23-37(22-35)29-51;;;/h3-17,32-37,53-54H,18-29H2,1-2H3;2*1H3;/q;;;+2/p-2. The van der Waals surface area contributed by atoms with Crippen molar-refractivity contribution < 1.29 is 33.4 Å². The molecule has 8 saturated carbocycles. The van der Waals surface area contributed by atoms with E-state index < -0.39 is 0 Å². The van der Waals surface area contributed by atoms with E-state index >= 15 is 0 Å². The van der Waals surface area contributed by atoms with Crippen molar-refractivity contribution in [2.24, 2.45) is 35.5 Å². The van der Waals surface area contributed by atoms with Gasteiger partial charge < -0.3 is 10.2 Å². The van der Waals surface area contributed by atoms with Crippen molar-refractivity contribution in [2.75, 3.05) is 0 Å². The number of rotatable bonds is 6. The van der Waals surface area contributed by atoms with Crippen LogP contribution in [0.5, 0.6) is 11.5 Å². The van der Waals surface area contributed by atoms with Gasteiger partial charge in [0.25, 0.3) is 0 Å². The molecule has 0 N–H and O–H groups in total. The molecule has 290 valence electrons. The van der Waals surface area contributed by atoms with E-state index in [1.807, 2.05) is 0 Å². The molecule has 3 nitrogen and oxygen atoms in total. The summed E-state index contributed by atoms with van der Waals surface area (Å²) in [6.45, 7) is 4.32. The molecule has 8 bridgehead atoms. The molecule has 0 spiro atoms. The van der Waals surface area contributed by atoms with E-state index in [-0.39, 0.29) is 45.6 Å². The second-order valence-corrected chi connectivity index (χ2v) is 22.2. The molecular formula is C53H57NO2Zr. The van der Waals surface area contributed by atoms with Crippen LogP contribution in [0.2, 0.25) is 9.26 Å². The average molecular weight is 831 g/mol. The van der Waals surface area contributed by atoms with Crippen LogP contribution in [0.1, 0.15) is 99.3 Å². The van der Waals surface area contributed by atoms with E-state index in [0.717, 1.165) is 91.4 Å². The summed E-state index contributed by atoms with van der Waals surface area (Å²) < 4.78 is 4.59. The van der Waals surface area contributed by atoms with Gasteiger partial charge in [-0.25, -0.2) is 4.98 Å². The van der Waals surface area contributed by atoms with Gasteiger partial charge in [-0.2, -0.15) is 0 Å². The molecule has 0 aliphatic heterocycles. The third kappa shape index (κ3) is 6.60.